The van der Waals surface area contributed by atoms with Gasteiger partial charge in [-0.15, -0.1) is 0 Å². The molecule has 14 heteroatoms. The lowest BCUT2D eigenvalue weighted by molar-refractivity contribution is -0.164. The quantitative estimate of drug-likeness (QED) is 0.230. The van der Waals surface area contributed by atoms with E-state index in [0.29, 0.717) is 42.7 Å². The third-order valence-electron chi connectivity index (χ3n) is 9.82. The van der Waals surface area contributed by atoms with Crippen molar-refractivity contribution in [1.29, 1.82) is 0 Å². The van der Waals surface area contributed by atoms with Crippen LogP contribution in [0.3, 0.4) is 0 Å². The summed E-state index contributed by atoms with van der Waals surface area (Å²) in [4.78, 5) is 18.1. The molecule has 1 amide bonds. The van der Waals surface area contributed by atoms with Gasteiger partial charge in [-0.3, -0.25) is 0 Å². The molecule has 3 aromatic rings. The summed E-state index contributed by atoms with van der Waals surface area (Å²) in [5.41, 5.74) is 1.25. The zero-order valence-corrected chi connectivity index (χ0v) is 28.7. The van der Waals surface area contributed by atoms with Crippen LogP contribution in [0.2, 0.25) is 0 Å². The predicted octanol–water partition coefficient (Wildman–Crippen LogP) is 4.75. The summed E-state index contributed by atoms with van der Waals surface area (Å²) in [5, 5.41) is 18.6. The number of nitrogens with zero attached hydrogens (tertiary/aromatic N) is 2. The van der Waals surface area contributed by atoms with Crippen molar-refractivity contribution in [2.24, 2.45) is 23.7 Å². The molecule has 0 unspecified atom stereocenters. The fraction of sp³-hybridized carbons (Fsp3) is 0.588. The number of fused-ring (bicyclic) bond motifs is 1. The molecule has 2 aliphatic heterocycles. The Balaban J connectivity index is 1.09. The van der Waals surface area contributed by atoms with Gasteiger partial charge in [-0.25, -0.2) is 22.6 Å². The Morgan fingerprint density at radius 2 is 2.00 bits per heavy atom. The van der Waals surface area contributed by atoms with E-state index in [1.54, 1.807) is 30.3 Å². The first-order valence-corrected chi connectivity index (χ1v) is 19.1. The molecule has 7 rings (SSSR count). The highest BCUT2D eigenvalue weighted by atomic mass is 32.2. The minimum Gasteiger partial charge on any atom is -0.446 e. The summed E-state index contributed by atoms with van der Waals surface area (Å²) in [7, 11) is -4.06. The average Bonchev–Trinajstić information content (AvgIpc) is 3.43. The van der Waals surface area contributed by atoms with E-state index in [2.05, 4.69) is 15.6 Å². The molecule has 2 aliphatic carbocycles. The van der Waals surface area contributed by atoms with Gasteiger partial charge >= 0.3 is 6.09 Å². The van der Waals surface area contributed by atoms with Gasteiger partial charge in [0.25, 0.3) is 0 Å². The molecule has 0 bridgehead atoms. The first-order chi connectivity index (χ1) is 23.0. The Morgan fingerprint density at radius 3 is 2.77 bits per heavy atom. The molecule has 3 heterocycles. The number of carbonyl (C=O) groups is 1. The minimum absolute atomic E-state index is 0.0285. The first-order valence-electron chi connectivity index (χ1n) is 16.8. The van der Waals surface area contributed by atoms with E-state index in [1.165, 1.54) is 27.8 Å². The number of aliphatic hydroxyl groups is 1. The molecule has 2 saturated heterocycles. The number of alkyl carbamates (subject to hydrolysis) is 1. The summed E-state index contributed by atoms with van der Waals surface area (Å²) in [6, 6.07) is 10.2. The van der Waals surface area contributed by atoms with Gasteiger partial charge in [-0.2, -0.15) is 4.31 Å². The van der Waals surface area contributed by atoms with Gasteiger partial charge in [-0.05, 0) is 79.8 Å². The molecule has 2 aromatic carbocycles. The molecule has 11 nitrogen and oxygen atoms in total. The highest BCUT2D eigenvalue weighted by molar-refractivity contribution is 7.89. The van der Waals surface area contributed by atoms with Crippen LogP contribution in [0.25, 0.3) is 10.2 Å². The standard InChI is InChI=1S/C34H43FN4O7S2/c1-19(2)16-39(48(42,43)24-8-9-26-30(15-24)47-33(37-26)36-23-6-7-23)17-28(40)27(13-20-4-3-5-22(35)12-20)38-34(41)46-29-14-21-10-11-44-32-31(21)25(29)18-45-32/h3-5,8-9,12,15,19,21,23,25,27-29,31-32,40H,6-7,10-11,13-14,16-18H2,1-2H3,(H,36,37)(H,38,41)/t21-,25+,27-,28+,29+,31-,32+/m0/s1. The number of nitrogens with one attached hydrogen (secondary N) is 2. The van der Waals surface area contributed by atoms with Crippen LogP contribution in [0, 0.1) is 29.5 Å². The van der Waals surface area contributed by atoms with Crippen LogP contribution in [0.1, 0.15) is 45.1 Å². The van der Waals surface area contributed by atoms with Crippen molar-refractivity contribution >= 4 is 42.8 Å². The fourth-order valence-electron chi connectivity index (χ4n) is 7.34. The Hall–Kier alpha value is -2.88. The maximum Gasteiger partial charge on any atom is 0.407 e. The number of rotatable bonds is 13. The van der Waals surface area contributed by atoms with Crippen molar-refractivity contribution in [2.75, 3.05) is 31.6 Å². The van der Waals surface area contributed by atoms with Crippen LogP contribution >= 0.6 is 11.3 Å². The molecule has 2 saturated carbocycles. The maximum atomic E-state index is 14.2. The van der Waals surface area contributed by atoms with Gasteiger partial charge in [0.1, 0.15) is 11.9 Å². The number of sulfonamides is 1. The molecule has 3 N–H and O–H groups in total. The third kappa shape index (κ3) is 7.34. The van der Waals surface area contributed by atoms with Crippen LogP contribution in [-0.4, -0.2) is 85.8 Å². The lowest BCUT2D eigenvalue weighted by Gasteiger charge is -2.31. The monoisotopic (exact) mass is 702 g/mol. The number of hydrogen-bond donors (Lipinski definition) is 3. The van der Waals surface area contributed by atoms with Gasteiger partial charge < -0.3 is 30.0 Å². The number of thiazole rings is 1. The Labute approximate surface area is 284 Å². The number of aromatic nitrogens is 1. The van der Waals surface area contributed by atoms with E-state index in [9.17, 15) is 22.7 Å². The molecule has 4 fully saturated rings. The number of hydrogen-bond acceptors (Lipinski definition) is 10. The summed E-state index contributed by atoms with van der Waals surface area (Å²) >= 11 is 1.41. The SMILES string of the molecule is CC(C)CN(C[C@@H](O)[C@H](Cc1cccc(F)c1)NC(=O)O[C@@H]1C[C@@H]2CCO[C@@H]3OC[C@H]1[C@H]23)S(=O)(=O)c1ccc2nc(NC3CC3)sc2c1. The van der Waals surface area contributed by atoms with E-state index in [-0.39, 0.29) is 54.6 Å². The second-order valence-corrected chi connectivity index (χ2v) is 16.9. The smallest absolute Gasteiger partial charge is 0.407 e. The number of ether oxygens (including phenoxy) is 3. The highest BCUT2D eigenvalue weighted by Crippen LogP contribution is 2.50. The number of aliphatic hydroxyl groups excluding tert-OH is 1. The normalized spacial score (nSPS) is 26.5. The van der Waals surface area contributed by atoms with Crippen molar-refractivity contribution in [3.63, 3.8) is 0 Å². The largest absolute Gasteiger partial charge is 0.446 e. The first kappa shape index (κ1) is 33.6. The van der Waals surface area contributed by atoms with Crippen LogP contribution in [-0.2, 0) is 30.7 Å². The summed E-state index contributed by atoms with van der Waals surface area (Å²) in [5.74, 6) is 0.0574. The van der Waals surface area contributed by atoms with E-state index in [1.807, 2.05) is 13.8 Å². The molecule has 0 radical (unpaired) electrons. The van der Waals surface area contributed by atoms with Crippen molar-refractivity contribution in [1.82, 2.24) is 14.6 Å². The van der Waals surface area contributed by atoms with Crippen molar-refractivity contribution in [3.8, 4) is 0 Å². The van der Waals surface area contributed by atoms with Crippen LogP contribution in [0.4, 0.5) is 14.3 Å². The molecule has 260 valence electrons. The third-order valence-corrected chi connectivity index (χ3v) is 12.6. The fourth-order valence-corrected chi connectivity index (χ4v) is 10.0. The van der Waals surface area contributed by atoms with Crippen molar-refractivity contribution < 1.29 is 36.9 Å². The van der Waals surface area contributed by atoms with Crippen LogP contribution < -0.4 is 10.6 Å². The van der Waals surface area contributed by atoms with E-state index < -0.39 is 34.1 Å². The summed E-state index contributed by atoms with van der Waals surface area (Å²) < 4.78 is 61.9. The summed E-state index contributed by atoms with van der Waals surface area (Å²) in [6.07, 6.45) is 1.18. The Bertz CT molecular complexity index is 1730. The highest BCUT2D eigenvalue weighted by Gasteiger charge is 2.55. The molecule has 4 aliphatic rings. The van der Waals surface area contributed by atoms with E-state index in [0.717, 1.165) is 29.1 Å². The van der Waals surface area contributed by atoms with Gasteiger partial charge in [0.15, 0.2) is 11.4 Å². The zero-order chi connectivity index (χ0) is 33.6. The second-order valence-electron chi connectivity index (χ2n) is 14.0. The molecular formula is C34H43FN4O7S2. The van der Waals surface area contributed by atoms with Crippen molar-refractivity contribution in [2.45, 2.75) is 81.4 Å². The maximum absolute atomic E-state index is 14.2. The van der Waals surface area contributed by atoms with Crippen LogP contribution in [0.5, 0.6) is 0 Å². The van der Waals surface area contributed by atoms with Gasteiger partial charge in [0.05, 0.1) is 40.5 Å². The topological polar surface area (TPSA) is 139 Å². The number of carbonyl (C=O) groups excluding carboxylic acids is 1. The lowest BCUT2D eigenvalue weighted by Crippen LogP contribution is -2.51. The van der Waals surface area contributed by atoms with Gasteiger partial charge in [0.2, 0.25) is 10.0 Å². The molecule has 48 heavy (non-hydrogen) atoms. The number of benzene rings is 2. The molecule has 1 aromatic heterocycles. The van der Waals surface area contributed by atoms with Gasteiger partial charge in [0, 0.05) is 31.0 Å². The van der Waals surface area contributed by atoms with E-state index >= 15 is 0 Å². The van der Waals surface area contributed by atoms with Crippen LogP contribution in [0.15, 0.2) is 47.4 Å². The average molecular weight is 703 g/mol. The number of amides is 1. The molecular weight excluding hydrogens is 660 g/mol. The second kappa shape index (κ2) is 13.8. The zero-order valence-electron chi connectivity index (χ0n) is 27.1. The van der Waals surface area contributed by atoms with E-state index in [4.69, 9.17) is 14.2 Å². The molecule has 0 spiro atoms. The number of anilines is 1. The minimum atomic E-state index is -4.06. The Morgan fingerprint density at radius 1 is 1.17 bits per heavy atom. The summed E-state index contributed by atoms with van der Waals surface area (Å²) in [6.45, 7) is 4.72. The molecule has 7 atom stereocenters. The lowest BCUT2D eigenvalue weighted by atomic mass is 9.87. The van der Waals surface area contributed by atoms with Crippen molar-refractivity contribution in [3.05, 3.63) is 53.8 Å². The van der Waals surface area contributed by atoms with Gasteiger partial charge in [-0.1, -0.05) is 37.3 Å². The number of halogens is 1. The Kier molecular flexibility index (Phi) is 9.66. The predicted molar refractivity (Wildman–Crippen MR) is 179 cm³/mol.